The first-order valence-electron chi connectivity index (χ1n) is 10.7. The van der Waals surface area contributed by atoms with Crippen LogP contribution >= 0.6 is 0 Å². The Bertz CT molecular complexity index is 1240. The van der Waals surface area contributed by atoms with Crippen molar-refractivity contribution in [3.63, 3.8) is 0 Å². The van der Waals surface area contributed by atoms with Crippen LogP contribution in [0.15, 0.2) is 36.4 Å². The number of fused-ring (bicyclic) bond motifs is 1. The Kier molecular flexibility index (Phi) is 5.46. The first-order chi connectivity index (χ1) is 15.4. The highest BCUT2D eigenvalue weighted by atomic mass is 19.4. The molecule has 33 heavy (non-hydrogen) atoms. The molecule has 0 spiro atoms. The third-order valence-electron chi connectivity index (χ3n) is 6.75. The number of aromatic nitrogens is 1. The molecule has 1 aromatic heterocycles. The molecule has 1 heterocycles. The predicted molar refractivity (Wildman–Crippen MR) is 117 cm³/mol. The van der Waals surface area contributed by atoms with Gasteiger partial charge in [-0.1, -0.05) is 19.9 Å². The van der Waals surface area contributed by atoms with Crippen molar-refractivity contribution in [3.05, 3.63) is 59.0 Å². The third-order valence-corrected chi connectivity index (χ3v) is 6.75. The first-order valence-corrected chi connectivity index (χ1v) is 10.7. The zero-order valence-corrected chi connectivity index (χ0v) is 18.8. The number of rotatable bonds is 5. The van der Waals surface area contributed by atoms with E-state index in [9.17, 15) is 27.5 Å². The molecule has 4 rings (SSSR count). The van der Waals surface area contributed by atoms with Crippen LogP contribution in [-0.2, 0) is 4.79 Å². The minimum absolute atomic E-state index is 0.104. The van der Waals surface area contributed by atoms with Gasteiger partial charge in [0.1, 0.15) is 11.6 Å². The Morgan fingerprint density at radius 2 is 1.88 bits per heavy atom. The number of carboxylic acid groups (broad SMARTS) is 1. The Labute approximate surface area is 188 Å². The topological polar surface area (TPSA) is 51.5 Å². The number of benzene rings is 2. The van der Waals surface area contributed by atoms with E-state index in [1.165, 1.54) is 13.2 Å². The van der Waals surface area contributed by atoms with E-state index in [0.29, 0.717) is 28.0 Å². The minimum Gasteiger partial charge on any atom is -0.496 e. The number of hydrogen-bond acceptors (Lipinski definition) is 2. The molecule has 0 aliphatic heterocycles. The molecular formula is C25H25F4NO3. The lowest BCUT2D eigenvalue weighted by Gasteiger charge is -2.45. The normalized spacial score (nSPS) is 20.8. The van der Waals surface area contributed by atoms with E-state index >= 15 is 0 Å². The lowest BCUT2D eigenvalue weighted by atomic mass is 9.58. The van der Waals surface area contributed by atoms with Crippen molar-refractivity contribution < 1.29 is 32.2 Å². The van der Waals surface area contributed by atoms with Crippen molar-refractivity contribution in [2.24, 2.45) is 5.41 Å². The second-order valence-corrected chi connectivity index (χ2v) is 9.07. The van der Waals surface area contributed by atoms with E-state index < -0.39 is 36.3 Å². The van der Waals surface area contributed by atoms with Crippen molar-refractivity contribution in [2.45, 2.75) is 51.6 Å². The monoisotopic (exact) mass is 463 g/mol. The maximum Gasteiger partial charge on any atom is 0.404 e. The molecule has 1 saturated carbocycles. The van der Waals surface area contributed by atoms with E-state index in [0.717, 1.165) is 11.2 Å². The van der Waals surface area contributed by atoms with Crippen LogP contribution < -0.4 is 4.74 Å². The quantitative estimate of drug-likeness (QED) is 0.427. The Balaban J connectivity index is 2.00. The highest BCUT2D eigenvalue weighted by molar-refractivity contribution is 5.94. The number of hydrogen-bond donors (Lipinski definition) is 1. The summed E-state index contributed by atoms with van der Waals surface area (Å²) in [7, 11) is 1.49. The molecule has 0 saturated heterocycles. The average molecular weight is 463 g/mol. The van der Waals surface area contributed by atoms with Crippen molar-refractivity contribution >= 4 is 16.9 Å². The maximum absolute atomic E-state index is 14.0. The van der Waals surface area contributed by atoms with E-state index in [1.54, 1.807) is 31.2 Å². The molecule has 8 heteroatoms. The molecule has 0 atom stereocenters. The summed E-state index contributed by atoms with van der Waals surface area (Å²) in [5, 5.41) is 10.1. The number of carboxylic acids is 1. The van der Waals surface area contributed by atoms with Gasteiger partial charge < -0.3 is 14.4 Å². The number of nitrogens with zero attached hydrogens (tertiary/aromatic N) is 1. The maximum atomic E-state index is 14.0. The highest BCUT2D eigenvalue weighted by Gasteiger charge is 2.68. The molecule has 2 aromatic carbocycles. The van der Waals surface area contributed by atoms with Crippen LogP contribution in [-0.4, -0.2) is 28.9 Å². The molecule has 3 aromatic rings. The van der Waals surface area contributed by atoms with Gasteiger partial charge in [-0.15, -0.1) is 0 Å². The van der Waals surface area contributed by atoms with Crippen LogP contribution in [0.3, 0.4) is 0 Å². The number of alkyl halides is 3. The molecule has 1 N–H and O–H groups in total. The molecule has 1 fully saturated rings. The Morgan fingerprint density at radius 3 is 2.39 bits per heavy atom. The molecule has 0 radical (unpaired) electrons. The van der Waals surface area contributed by atoms with Gasteiger partial charge in [0.25, 0.3) is 0 Å². The van der Waals surface area contributed by atoms with Crippen LogP contribution in [0.25, 0.3) is 16.6 Å². The van der Waals surface area contributed by atoms with E-state index in [2.05, 4.69) is 0 Å². The van der Waals surface area contributed by atoms with E-state index in [-0.39, 0.29) is 11.7 Å². The number of ether oxygens (including phenoxy) is 1. The smallest absolute Gasteiger partial charge is 0.404 e. The van der Waals surface area contributed by atoms with Gasteiger partial charge in [-0.3, -0.25) is 4.79 Å². The first kappa shape index (κ1) is 23.1. The summed E-state index contributed by atoms with van der Waals surface area (Å²) in [6.07, 6.45) is -5.92. The fourth-order valence-electron chi connectivity index (χ4n) is 5.07. The number of methoxy groups -OCH3 is 1. The van der Waals surface area contributed by atoms with Gasteiger partial charge in [0.05, 0.1) is 12.6 Å². The number of aryl methyl sites for hydroxylation is 1. The van der Waals surface area contributed by atoms with E-state index in [1.807, 2.05) is 24.5 Å². The van der Waals surface area contributed by atoms with E-state index in [4.69, 9.17) is 4.74 Å². The minimum atomic E-state index is -4.84. The SMILES string of the molecule is COc1cccc2c1c(C1CC(C(=O)O)(C(F)(F)F)C1)c(C(C)C)n2-c1ccc(F)c(C)c1. The van der Waals surface area contributed by atoms with Gasteiger partial charge >= 0.3 is 12.1 Å². The summed E-state index contributed by atoms with van der Waals surface area (Å²) >= 11 is 0. The molecule has 1 aliphatic rings. The Hall–Kier alpha value is -3.03. The van der Waals surface area contributed by atoms with Gasteiger partial charge in [0.2, 0.25) is 0 Å². The van der Waals surface area contributed by atoms with Gasteiger partial charge in [-0.2, -0.15) is 13.2 Å². The fraction of sp³-hybridized carbons (Fsp3) is 0.400. The molecule has 1 aliphatic carbocycles. The summed E-state index contributed by atoms with van der Waals surface area (Å²) in [6, 6.07) is 10.1. The molecule has 4 nitrogen and oxygen atoms in total. The lowest BCUT2D eigenvalue weighted by Crippen LogP contribution is -2.53. The average Bonchev–Trinajstić information content (AvgIpc) is 3.03. The third kappa shape index (κ3) is 3.38. The fourth-order valence-corrected chi connectivity index (χ4v) is 5.07. The number of aliphatic carboxylic acids is 1. The Morgan fingerprint density at radius 1 is 1.21 bits per heavy atom. The van der Waals surface area contributed by atoms with Crippen LogP contribution in [0.1, 0.15) is 55.3 Å². The molecule has 0 bridgehead atoms. The van der Waals surface area contributed by atoms with Crippen molar-refractivity contribution in [1.82, 2.24) is 4.57 Å². The predicted octanol–water partition coefficient (Wildman–Crippen LogP) is 6.72. The summed E-state index contributed by atoms with van der Waals surface area (Å²) in [5.41, 5.74) is 0.529. The largest absolute Gasteiger partial charge is 0.496 e. The zero-order chi connectivity index (χ0) is 24.3. The molecule has 0 amide bonds. The second kappa shape index (κ2) is 7.78. The van der Waals surface area contributed by atoms with Gasteiger partial charge in [0, 0.05) is 16.8 Å². The summed E-state index contributed by atoms with van der Waals surface area (Å²) < 4.78 is 62.6. The van der Waals surface area contributed by atoms with Gasteiger partial charge in [-0.25, -0.2) is 4.39 Å². The van der Waals surface area contributed by atoms with Crippen LogP contribution in [0.4, 0.5) is 17.6 Å². The van der Waals surface area contributed by atoms with Crippen molar-refractivity contribution in [1.29, 1.82) is 0 Å². The van der Waals surface area contributed by atoms with Gasteiger partial charge in [0.15, 0.2) is 5.41 Å². The lowest BCUT2D eigenvalue weighted by molar-refractivity contribution is -0.256. The van der Waals surface area contributed by atoms with Gasteiger partial charge in [-0.05, 0) is 73.1 Å². The highest BCUT2D eigenvalue weighted by Crippen LogP contribution is 2.62. The second-order valence-electron chi connectivity index (χ2n) is 9.07. The molecule has 176 valence electrons. The standard InChI is InChI=1S/C25H25F4NO3/c1-13(2)22-20(15-11-24(12-15,23(31)32)25(27,28)29)21-18(6-5-7-19(21)33-4)30(22)16-8-9-17(26)14(3)10-16/h5-10,13,15H,11-12H2,1-4H3,(H,31,32). The van der Waals surface area contributed by atoms with Crippen LogP contribution in [0.2, 0.25) is 0 Å². The molecular weight excluding hydrogens is 438 g/mol. The molecule has 0 unspecified atom stereocenters. The number of halogens is 4. The van der Waals surface area contributed by atoms with Crippen molar-refractivity contribution in [2.75, 3.05) is 7.11 Å². The van der Waals surface area contributed by atoms with Crippen LogP contribution in [0.5, 0.6) is 5.75 Å². The summed E-state index contributed by atoms with van der Waals surface area (Å²) in [5.74, 6) is -2.41. The zero-order valence-electron chi connectivity index (χ0n) is 18.8. The summed E-state index contributed by atoms with van der Waals surface area (Å²) in [4.78, 5) is 11.6. The number of carbonyl (C=O) groups is 1. The van der Waals surface area contributed by atoms with Crippen molar-refractivity contribution in [3.8, 4) is 11.4 Å². The summed E-state index contributed by atoms with van der Waals surface area (Å²) in [6.45, 7) is 5.52. The van der Waals surface area contributed by atoms with Crippen LogP contribution in [0, 0.1) is 18.2 Å².